The van der Waals surface area contributed by atoms with Gasteiger partial charge in [0.15, 0.2) is 9.84 Å². The minimum atomic E-state index is -2.98. The number of nitriles is 1. The van der Waals surface area contributed by atoms with Crippen molar-refractivity contribution < 1.29 is 13.2 Å². The van der Waals surface area contributed by atoms with E-state index in [1.165, 1.54) is 0 Å². The van der Waals surface area contributed by atoms with Crippen LogP contribution in [0.5, 0.6) is 0 Å². The number of rotatable bonds is 3. The molecule has 16 heavy (non-hydrogen) atoms. The van der Waals surface area contributed by atoms with E-state index in [-0.39, 0.29) is 17.6 Å². The Labute approximate surface area is 96.5 Å². The summed E-state index contributed by atoms with van der Waals surface area (Å²) in [4.78, 5) is 0. The van der Waals surface area contributed by atoms with Crippen molar-refractivity contribution in [2.24, 2.45) is 5.41 Å². The molecule has 0 spiro atoms. The van der Waals surface area contributed by atoms with Crippen molar-refractivity contribution >= 4 is 9.84 Å². The van der Waals surface area contributed by atoms with Gasteiger partial charge in [0, 0.05) is 6.61 Å². The van der Waals surface area contributed by atoms with Gasteiger partial charge in [-0.05, 0) is 32.1 Å². The van der Waals surface area contributed by atoms with Crippen LogP contribution in [-0.4, -0.2) is 32.6 Å². The maximum absolute atomic E-state index is 11.4. The van der Waals surface area contributed by atoms with Crippen molar-refractivity contribution in [3.63, 3.8) is 0 Å². The van der Waals surface area contributed by atoms with Gasteiger partial charge in [0.1, 0.15) is 0 Å². The molecule has 4 nitrogen and oxygen atoms in total. The summed E-state index contributed by atoms with van der Waals surface area (Å²) in [6, 6.07) is 2.22. The van der Waals surface area contributed by atoms with E-state index in [0.29, 0.717) is 12.8 Å². The molecule has 0 aliphatic carbocycles. The highest BCUT2D eigenvalue weighted by atomic mass is 32.2. The van der Waals surface area contributed by atoms with E-state index < -0.39 is 15.3 Å². The van der Waals surface area contributed by atoms with Gasteiger partial charge < -0.3 is 4.74 Å². The van der Waals surface area contributed by atoms with Crippen LogP contribution in [-0.2, 0) is 14.6 Å². The largest absolute Gasteiger partial charge is 0.378 e. The summed E-state index contributed by atoms with van der Waals surface area (Å²) < 4.78 is 28.3. The van der Waals surface area contributed by atoms with Crippen molar-refractivity contribution in [2.75, 3.05) is 18.1 Å². The topological polar surface area (TPSA) is 67.2 Å². The third kappa shape index (κ3) is 2.55. The lowest BCUT2D eigenvalue weighted by atomic mass is 9.83. The number of nitrogens with zero attached hydrogens (tertiary/aromatic N) is 1. The zero-order chi connectivity index (χ0) is 11.6. The molecule has 0 aromatic heterocycles. The minimum absolute atomic E-state index is 0.0449. The Balaban J connectivity index is 1.93. The molecule has 2 aliphatic heterocycles. The molecule has 2 heterocycles. The van der Waals surface area contributed by atoms with Gasteiger partial charge in [0.25, 0.3) is 0 Å². The van der Waals surface area contributed by atoms with Gasteiger partial charge >= 0.3 is 0 Å². The van der Waals surface area contributed by atoms with E-state index in [1.807, 2.05) is 0 Å². The van der Waals surface area contributed by atoms with E-state index in [0.717, 1.165) is 25.9 Å². The van der Waals surface area contributed by atoms with Crippen LogP contribution in [0.15, 0.2) is 0 Å². The van der Waals surface area contributed by atoms with Gasteiger partial charge in [0.2, 0.25) is 0 Å². The zero-order valence-electron chi connectivity index (χ0n) is 9.31. The molecule has 0 radical (unpaired) electrons. The number of ether oxygens (including phenoxy) is 1. The van der Waals surface area contributed by atoms with Crippen molar-refractivity contribution in [2.45, 2.75) is 38.2 Å². The molecule has 0 amide bonds. The first kappa shape index (κ1) is 11.9. The summed E-state index contributed by atoms with van der Waals surface area (Å²) in [6.07, 6.45) is 4.36. The maximum Gasteiger partial charge on any atom is 0.151 e. The molecule has 2 saturated heterocycles. The number of sulfone groups is 1. The predicted octanol–water partition coefficient (Wildman–Crippen LogP) is 1.27. The highest BCUT2D eigenvalue weighted by molar-refractivity contribution is 7.91. The molecule has 5 heteroatoms. The second kappa shape index (κ2) is 4.34. The third-order valence-corrected chi connectivity index (χ3v) is 5.41. The Morgan fingerprint density at radius 2 is 2.31 bits per heavy atom. The molecule has 90 valence electrons. The second-order valence-corrected chi connectivity index (χ2v) is 7.09. The highest BCUT2D eigenvalue weighted by Gasteiger charge is 2.42. The summed E-state index contributed by atoms with van der Waals surface area (Å²) in [7, 11) is -2.98. The molecule has 2 rings (SSSR count). The van der Waals surface area contributed by atoms with Gasteiger partial charge in [-0.25, -0.2) is 8.42 Å². The number of hydrogen-bond acceptors (Lipinski definition) is 4. The molecule has 0 bridgehead atoms. The van der Waals surface area contributed by atoms with Crippen molar-refractivity contribution in [1.29, 1.82) is 5.26 Å². The first-order valence-electron chi connectivity index (χ1n) is 5.79. The molecule has 0 aromatic carbocycles. The fourth-order valence-electron chi connectivity index (χ4n) is 2.57. The molecular formula is C11H17NO3S. The van der Waals surface area contributed by atoms with Gasteiger partial charge in [-0.1, -0.05) is 0 Å². The van der Waals surface area contributed by atoms with E-state index >= 15 is 0 Å². The molecule has 2 fully saturated rings. The Hall–Kier alpha value is -0.600. The van der Waals surface area contributed by atoms with Crippen LogP contribution in [0.2, 0.25) is 0 Å². The summed E-state index contributed by atoms with van der Waals surface area (Å²) in [6.45, 7) is 0.808. The number of hydrogen-bond donors (Lipinski definition) is 0. The first-order valence-corrected chi connectivity index (χ1v) is 7.61. The van der Waals surface area contributed by atoms with Crippen LogP contribution in [0.4, 0.5) is 0 Å². The zero-order valence-corrected chi connectivity index (χ0v) is 10.1. The minimum Gasteiger partial charge on any atom is -0.378 e. The summed E-state index contributed by atoms with van der Waals surface area (Å²) in [5.74, 6) is 0.218. The predicted molar refractivity (Wildman–Crippen MR) is 59.5 cm³/mol. The lowest BCUT2D eigenvalue weighted by molar-refractivity contribution is 0.0953. The highest BCUT2D eigenvalue weighted by Crippen LogP contribution is 2.37. The second-order valence-electron chi connectivity index (χ2n) is 4.91. The SMILES string of the molecule is N#CC1(CCC2CCCO2)CCS(=O)(=O)C1. The maximum atomic E-state index is 11.4. The van der Waals surface area contributed by atoms with Crippen molar-refractivity contribution in [3.8, 4) is 6.07 Å². The van der Waals surface area contributed by atoms with E-state index in [1.54, 1.807) is 0 Å². The van der Waals surface area contributed by atoms with Gasteiger partial charge in [-0.15, -0.1) is 0 Å². The van der Waals surface area contributed by atoms with E-state index in [4.69, 9.17) is 10.00 Å². The molecule has 0 saturated carbocycles. The van der Waals surface area contributed by atoms with Crippen LogP contribution in [0.25, 0.3) is 0 Å². The molecule has 2 atom stereocenters. The van der Waals surface area contributed by atoms with Crippen LogP contribution in [0.1, 0.15) is 32.1 Å². The van der Waals surface area contributed by atoms with Gasteiger partial charge in [-0.3, -0.25) is 0 Å². The first-order chi connectivity index (χ1) is 7.55. The van der Waals surface area contributed by atoms with Gasteiger partial charge in [-0.2, -0.15) is 5.26 Å². The van der Waals surface area contributed by atoms with Crippen LogP contribution >= 0.6 is 0 Å². The van der Waals surface area contributed by atoms with E-state index in [9.17, 15) is 8.42 Å². The average molecular weight is 243 g/mol. The van der Waals surface area contributed by atoms with Crippen molar-refractivity contribution in [1.82, 2.24) is 0 Å². The fourth-order valence-corrected chi connectivity index (χ4v) is 4.61. The standard InChI is InChI=1S/C11H17NO3S/c12-8-11(5-7-16(13,14)9-11)4-3-10-2-1-6-15-10/h10H,1-7,9H2. The summed E-state index contributed by atoms with van der Waals surface area (Å²) in [5, 5.41) is 9.17. The van der Waals surface area contributed by atoms with E-state index in [2.05, 4.69) is 6.07 Å². The Bertz CT molecular complexity index is 392. The molecular weight excluding hydrogens is 226 g/mol. The van der Waals surface area contributed by atoms with Crippen molar-refractivity contribution in [3.05, 3.63) is 0 Å². The summed E-state index contributed by atoms with van der Waals surface area (Å²) in [5.41, 5.74) is -0.634. The average Bonchev–Trinajstić information content (AvgIpc) is 2.84. The third-order valence-electron chi connectivity index (χ3n) is 3.59. The quantitative estimate of drug-likeness (QED) is 0.748. The lowest BCUT2D eigenvalue weighted by Gasteiger charge is -2.20. The normalized spacial score (nSPS) is 37.3. The summed E-state index contributed by atoms with van der Waals surface area (Å²) >= 11 is 0. The molecule has 2 unspecified atom stereocenters. The Morgan fingerprint density at radius 1 is 1.50 bits per heavy atom. The van der Waals surface area contributed by atoms with Crippen LogP contribution in [0, 0.1) is 16.7 Å². The van der Waals surface area contributed by atoms with Gasteiger partial charge in [0.05, 0.1) is 29.1 Å². The lowest BCUT2D eigenvalue weighted by Crippen LogP contribution is -2.22. The molecule has 0 N–H and O–H groups in total. The fraction of sp³-hybridized carbons (Fsp3) is 0.909. The van der Waals surface area contributed by atoms with Crippen LogP contribution < -0.4 is 0 Å². The monoisotopic (exact) mass is 243 g/mol. The Morgan fingerprint density at radius 3 is 2.81 bits per heavy atom. The molecule has 2 aliphatic rings. The van der Waals surface area contributed by atoms with Crippen LogP contribution in [0.3, 0.4) is 0 Å². The Kier molecular flexibility index (Phi) is 3.22. The molecule has 0 aromatic rings. The smallest absolute Gasteiger partial charge is 0.151 e.